The SMILES string of the molecule is CCOC(=O)c1c(NC(=O)CSc2nnc(-c3ccoc3C)n2CC)sc2c1CCC2. The molecule has 0 saturated carbocycles. The molecule has 0 atom stereocenters. The lowest BCUT2D eigenvalue weighted by molar-refractivity contribution is -0.113. The van der Waals surface area contributed by atoms with Gasteiger partial charge in [-0.05, 0) is 51.7 Å². The van der Waals surface area contributed by atoms with Crippen molar-refractivity contribution in [3.05, 3.63) is 34.1 Å². The van der Waals surface area contributed by atoms with Gasteiger partial charge in [0.05, 0.1) is 29.7 Å². The molecule has 31 heavy (non-hydrogen) atoms. The molecule has 0 unspecified atom stereocenters. The average molecular weight is 461 g/mol. The number of thioether (sulfide) groups is 1. The number of rotatable bonds is 8. The maximum Gasteiger partial charge on any atom is 0.341 e. The van der Waals surface area contributed by atoms with Gasteiger partial charge in [0.1, 0.15) is 10.8 Å². The van der Waals surface area contributed by atoms with E-state index in [2.05, 4.69) is 15.5 Å². The number of amides is 1. The number of aryl methyl sites for hydroxylation is 2. The lowest BCUT2D eigenvalue weighted by atomic mass is 10.1. The van der Waals surface area contributed by atoms with Crippen LogP contribution in [-0.4, -0.2) is 39.0 Å². The second-order valence-corrected chi connectivity index (χ2v) is 9.11. The van der Waals surface area contributed by atoms with Gasteiger partial charge in [0.25, 0.3) is 0 Å². The van der Waals surface area contributed by atoms with E-state index in [0.29, 0.717) is 28.9 Å². The summed E-state index contributed by atoms with van der Waals surface area (Å²) in [7, 11) is 0. The van der Waals surface area contributed by atoms with Crippen molar-refractivity contribution >= 4 is 40.0 Å². The van der Waals surface area contributed by atoms with E-state index >= 15 is 0 Å². The number of ether oxygens (including phenoxy) is 1. The highest BCUT2D eigenvalue weighted by atomic mass is 32.2. The average Bonchev–Trinajstić information content (AvgIpc) is 3.49. The van der Waals surface area contributed by atoms with Gasteiger partial charge < -0.3 is 19.0 Å². The second-order valence-electron chi connectivity index (χ2n) is 7.06. The Bertz CT molecular complexity index is 1120. The van der Waals surface area contributed by atoms with Crippen LogP contribution in [0.25, 0.3) is 11.4 Å². The van der Waals surface area contributed by atoms with Gasteiger partial charge >= 0.3 is 5.97 Å². The second kappa shape index (κ2) is 9.27. The Morgan fingerprint density at radius 2 is 2.16 bits per heavy atom. The van der Waals surface area contributed by atoms with Crippen molar-refractivity contribution in [3.63, 3.8) is 0 Å². The summed E-state index contributed by atoms with van der Waals surface area (Å²) in [4.78, 5) is 26.3. The molecule has 3 aromatic heterocycles. The minimum Gasteiger partial charge on any atom is -0.469 e. The summed E-state index contributed by atoms with van der Waals surface area (Å²) >= 11 is 2.79. The van der Waals surface area contributed by atoms with E-state index in [9.17, 15) is 9.59 Å². The predicted octanol–water partition coefficient (Wildman–Crippen LogP) is 4.32. The van der Waals surface area contributed by atoms with Gasteiger partial charge in [0.2, 0.25) is 5.91 Å². The van der Waals surface area contributed by atoms with Crippen molar-refractivity contribution in [2.45, 2.75) is 51.7 Å². The first-order valence-corrected chi connectivity index (χ1v) is 12.1. The molecule has 1 amide bonds. The lowest BCUT2D eigenvalue weighted by Crippen LogP contribution is -2.17. The molecule has 3 heterocycles. The number of nitrogens with zero attached hydrogens (tertiary/aromatic N) is 3. The third-order valence-electron chi connectivity index (χ3n) is 5.12. The number of nitrogens with one attached hydrogen (secondary N) is 1. The molecule has 1 aliphatic carbocycles. The van der Waals surface area contributed by atoms with E-state index in [1.807, 2.05) is 24.5 Å². The van der Waals surface area contributed by atoms with E-state index < -0.39 is 0 Å². The Kier molecular flexibility index (Phi) is 6.47. The zero-order chi connectivity index (χ0) is 22.0. The first-order valence-electron chi connectivity index (χ1n) is 10.2. The fourth-order valence-corrected chi connectivity index (χ4v) is 5.80. The highest BCUT2D eigenvalue weighted by Gasteiger charge is 2.28. The number of hydrogen-bond acceptors (Lipinski definition) is 8. The number of thiophene rings is 1. The number of fused-ring (bicyclic) bond motifs is 1. The van der Waals surface area contributed by atoms with Crippen LogP contribution in [0.4, 0.5) is 5.00 Å². The number of aromatic nitrogens is 3. The molecule has 8 nitrogen and oxygen atoms in total. The van der Waals surface area contributed by atoms with E-state index in [1.54, 1.807) is 13.2 Å². The number of esters is 1. The molecule has 0 radical (unpaired) electrons. The Balaban J connectivity index is 1.47. The summed E-state index contributed by atoms with van der Waals surface area (Å²) in [5.74, 6) is 1.09. The summed E-state index contributed by atoms with van der Waals surface area (Å²) in [6.45, 7) is 6.64. The molecule has 0 aliphatic heterocycles. The summed E-state index contributed by atoms with van der Waals surface area (Å²) in [6, 6.07) is 1.86. The fourth-order valence-electron chi connectivity index (χ4n) is 3.70. The van der Waals surface area contributed by atoms with Crippen LogP contribution in [0.15, 0.2) is 21.9 Å². The molecule has 1 N–H and O–H groups in total. The third-order valence-corrected chi connectivity index (χ3v) is 7.29. The normalized spacial score (nSPS) is 12.7. The molecular weight excluding hydrogens is 436 g/mol. The Labute approximate surface area is 188 Å². The van der Waals surface area contributed by atoms with Crippen LogP contribution in [-0.2, 0) is 28.9 Å². The van der Waals surface area contributed by atoms with Crippen LogP contribution in [0.5, 0.6) is 0 Å². The Morgan fingerprint density at radius 3 is 2.87 bits per heavy atom. The number of furan rings is 1. The standard InChI is InChI=1S/C21H24N4O4S2/c1-4-25-18(13-9-10-29-12(13)3)23-24-21(25)30-11-16(26)22-19-17(20(27)28-5-2)14-7-6-8-15(14)31-19/h9-10H,4-8,11H2,1-3H3,(H,22,26). The zero-order valence-electron chi connectivity index (χ0n) is 17.7. The van der Waals surface area contributed by atoms with Crippen molar-refractivity contribution in [2.24, 2.45) is 0 Å². The molecule has 0 bridgehead atoms. The van der Waals surface area contributed by atoms with E-state index in [-0.39, 0.29) is 17.6 Å². The van der Waals surface area contributed by atoms with Gasteiger partial charge in [-0.25, -0.2) is 4.79 Å². The largest absolute Gasteiger partial charge is 0.469 e. The van der Waals surface area contributed by atoms with Crippen LogP contribution < -0.4 is 5.32 Å². The highest BCUT2D eigenvalue weighted by Crippen LogP contribution is 2.39. The Hall–Kier alpha value is -2.59. The lowest BCUT2D eigenvalue weighted by Gasteiger charge is -2.09. The third kappa shape index (κ3) is 4.27. The number of carbonyl (C=O) groups is 2. The van der Waals surface area contributed by atoms with Crippen molar-refractivity contribution < 1.29 is 18.7 Å². The fraction of sp³-hybridized carbons (Fsp3) is 0.429. The molecule has 4 rings (SSSR count). The molecule has 0 aromatic carbocycles. The van der Waals surface area contributed by atoms with Gasteiger partial charge in [0.15, 0.2) is 11.0 Å². The smallest absolute Gasteiger partial charge is 0.341 e. The molecule has 1 aliphatic rings. The molecule has 3 aromatic rings. The molecule has 0 spiro atoms. The predicted molar refractivity (Wildman–Crippen MR) is 120 cm³/mol. The Morgan fingerprint density at radius 1 is 1.32 bits per heavy atom. The molecular formula is C21H24N4O4S2. The summed E-state index contributed by atoms with van der Waals surface area (Å²) < 4.78 is 12.6. The van der Waals surface area contributed by atoms with Gasteiger partial charge in [-0.3, -0.25) is 4.79 Å². The van der Waals surface area contributed by atoms with Crippen LogP contribution in [0, 0.1) is 6.92 Å². The van der Waals surface area contributed by atoms with Crippen LogP contribution in [0.3, 0.4) is 0 Å². The first-order chi connectivity index (χ1) is 15.0. The zero-order valence-corrected chi connectivity index (χ0v) is 19.3. The maximum absolute atomic E-state index is 12.7. The molecule has 10 heteroatoms. The number of anilines is 1. The van der Waals surface area contributed by atoms with E-state index in [4.69, 9.17) is 9.15 Å². The van der Waals surface area contributed by atoms with E-state index in [1.165, 1.54) is 23.1 Å². The quantitative estimate of drug-likeness (QED) is 0.395. The highest BCUT2D eigenvalue weighted by molar-refractivity contribution is 7.99. The van der Waals surface area contributed by atoms with Gasteiger partial charge in [0, 0.05) is 11.4 Å². The van der Waals surface area contributed by atoms with E-state index in [0.717, 1.165) is 46.9 Å². The maximum atomic E-state index is 12.7. The van der Waals surface area contributed by atoms with Crippen LogP contribution >= 0.6 is 23.1 Å². The summed E-state index contributed by atoms with van der Waals surface area (Å²) in [6.07, 6.45) is 4.44. The first kappa shape index (κ1) is 21.6. The van der Waals surface area contributed by atoms with Crippen molar-refractivity contribution in [1.29, 1.82) is 0 Å². The van der Waals surface area contributed by atoms with Crippen LogP contribution in [0.1, 0.15) is 46.8 Å². The topological polar surface area (TPSA) is 99.2 Å². The summed E-state index contributed by atoms with van der Waals surface area (Å²) in [5, 5.41) is 12.7. The number of hydrogen-bond donors (Lipinski definition) is 1. The summed E-state index contributed by atoms with van der Waals surface area (Å²) in [5.41, 5.74) is 2.43. The van der Waals surface area contributed by atoms with Crippen molar-refractivity contribution in [1.82, 2.24) is 14.8 Å². The van der Waals surface area contributed by atoms with Gasteiger partial charge in [-0.2, -0.15) is 0 Å². The monoisotopic (exact) mass is 460 g/mol. The molecule has 0 saturated heterocycles. The van der Waals surface area contributed by atoms with Crippen molar-refractivity contribution in [3.8, 4) is 11.4 Å². The van der Waals surface area contributed by atoms with Crippen LogP contribution in [0.2, 0.25) is 0 Å². The molecule has 164 valence electrons. The number of carbonyl (C=O) groups excluding carboxylic acids is 2. The molecule has 0 fully saturated rings. The minimum atomic E-state index is -0.365. The minimum absolute atomic E-state index is 0.160. The van der Waals surface area contributed by atoms with Gasteiger partial charge in [-0.1, -0.05) is 11.8 Å². The van der Waals surface area contributed by atoms with Crippen molar-refractivity contribution in [2.75, 3.05) is 17.7 Å². The van der Waals surface area contributed by atoms with Gasteiger partial charge in [-0.15, -0.1) is 21.5 Å².